The van der Waals surface area contributed by atoms with Crippen LogP contribution < -0.4 is 10.2 Å². The maximum absolute atomic E-state index is 14.1. The second-order valence-electron chi connectivity index (χ2n) is 6.10. The minimum absolute atomic E-state index is 0.0553. The molecule has 8 heteroatoms. The van der Waals surface area contributed by atoms with Crippen LogP contribution in [0, 0.1) is 18.7 Å². The standard InChI is InChI=1S/C17H19FN4O2S/c1-3-4-14-20-21-17(25-14)19-16(24)11-8-15(23)22(9-11)13-6-5-10(2)7-12(13)18/h5-7,11H,3-4,8-9H2,1-2H3,(H,19,21,24). The van der Waals surface area contributed by atoms with E-state index in [9.17, 15) is 14.0 Å². The third-order valence-corrected chi connectivity index (χ3v) is 4.95. The van der Waals surface area contributed by atoms with E-state index in [0.717, 1.165) is 23.4 Å². The molecule has 1 saturated heterocycles. The summed E-state index contributed by atoms with van der Waals surface area (Å²) in [7, 11) is 0. The van der Waals surface area contributed by atoms with E-state index in [0.29, 0.717) is 5.13 Å². The maximum atomic E-state index is 14.1. The Bertz CT molecular complexity index is 808. The molecule has 1 unspecified atom stereocenters. The largest absolute Gasteiger partial charge is 0.309 e. The van der Waals surface area contributed by atoms with Gasteiger partial charge in [-0.1, -0.05) is 24.3 Å². The summed E-state index contributed by atoms with van der Waals surface area (Å²) in [4.78, 5) is 26.0. The van der Waals surface area contributed by atoms with Crippen molar-refractivity contribution in [3.8, 4) is 0 Å². The highest BCUT2D eigenvalue weighted by molar-refractivity contribution is 7.15. The van der Waals surface area contributed by atoms with Gasteiger partial charge in [-0.15, -0.1) is 10.2 Å². The number of hydrogen-bond donors (Lipinski definition) is 1. The fourth-order valence-electron chi connectivity index (χ4n) is 2.77. The highest BCUT2D eigenvalue weighted by atomic mass is 32.1. The van der Waals surface area contributed by atoms with Crippen molar-refractivity contribution in [2.45, 2.75) is 33.1 Å². The second-order valence-corrected chi connectivity index (χ2v) is 7.16. The molecule has 1 N–H and O–H groups in total. The van der Waals surface area contributed by atoms with Gasteiger partial charge in [0.25, 0.3) is 0 Å². The summed E-state index contributed by atoms with van der Waals surface area (Å²) in [6.07, 6.45) is 1.83. The van der Waals surface area contributed by atoms with Gasteiger partial charge in [0.1, 0.15) is 10.8 Å². The molecular weight excluding hydrogens is 343 g/mol. The zero-order chi connectivity index (χ0) is 18.0. The van der Waals surface area contributed by atoms with E-state index >= 15 is 0 Å². The number of anilines is 2. The summed E-state index contributed by atoms with van der Waals surface area (Å²) >= 11 is 1.33. The predicted octanol–water partition coefficient (Wildman–Crippen LogP) is 2.93. The van der Waals surface area contributed by atoms with Gasteiger partial charge in [-0.05, 0) is 31.0 Å². The number of hydrogen-bond acceptors (Lipinski definition) is 5. The molecule has 2 aromatic rings. The molecule has 1 fully saturated rings. The zero-order valence-electron chi connectivity index (χ0n) is 14.1. The van der Waals surface area contributed by atoms with Gasteiger partial charge in [0, 0.05) is 19.4 Å². The number of carbonyl (C=O) groups is 2. The molecule has 132 valence electrons. The second kappa shape index (κ2) is 7.26. The number of nitrogens with one attached hydrogen (secondary N) is 1. The van der Waals surface area contributed by atoms with E-state index in [1.54, 1.807) is 19.1 Å². The molecule has 1 aliphatic heterocycles. The van der Waals surface area contributed by atoms with Gasteiger partial charge in [0.2, 0.25) is 16.9 Å². The summed E-state index contributed by atoms with van der Waals surface area (Å²) in [6, 6.07) is 4.70. The molecule has 1 aliphatic rings. The van der Waals surface area contributed by atoms with Crippen LogP contribution in [-0.4, -0.2) is 28.6 Å². The van der Waals surface area contributed by atoms with Crippen LogP contribution in [0.1, 0.15) is 30.3 Å². The van der Waals surface area contributed by atoms with Crippen LogP contribution in [0.15, 0.2) is 18.2 Å². The highest BCUT2D eigenvalue weighted by Gasteiger charge is 2.36. The Labute approximate surface area is 149 Å². The van der Waals surface area contributed by atoms with Crippen LogP contribution in [0.5, 0.6) is 0 Å². The summed E-state index contributed by atoms with van der Waals surface area (Å²) < 4.78 is 14.1. The van der Waals surface area contributed by atoms with Crippen LogP contribution in [0.25, 0.3) is 0 Å². The number of nitrogens with zero attached hydrogens (tertiary/aromatic N) is 3. The van der Waals surface area contributed by atoms with E-state index in [4.69, 9.17) is 0 Å². The summed E-state index contributed by atoms with van der Waals surface area (Å²) in [5, 5.41) is 12.0. The number of aryl methyl sites for hydroxylation is 2. The molecule has 25 heavy (non-hydrogen) atoms. The topological polar surface area (TPSA) is 75.2 Å². The van der Waals surface area contributed by atoms with Gasteiger partial charge in [-0.2, -0.15) is 0 Å². The third-order valence-electron chi connectivity index (χ3n) is 4.05. The SMILES string of the molecule is CCCc1nnc(NC(=O)C2CC(=O)N(c3ccc(C)cc3F)C2)s1. The average Bonchev–Trinajstić information content (AvgIpc) is 3.15. The van der Waals surface area contributed by atoms with Crippen LogP contribution in [0.2, 0.25) is 0 Å². The molecule has 1 aromatic heterocycles. The molecule has 0 saturated carbocycles. The molecule has 0 spiro atoms. The van der Waals surface area contributed by atoms with Crippen molar-refractivity contribution in [2.24, 2.45) is 5.92 Å². The van der Waals surface area contributed by atoms with Crippen molar-refractivity contribution in [3.05, 3.63) is 34.6 Å². The number of amides is 2. The third kappa shape index (κ3) is 3.84. The molecule has 2 amide bonds. The van der Waals surface area contributed by atoms with E-state index in [-0.39, 0.29) is 30.5 Å². The first-order chi connectivity index (χ1) is 12.0. The summed E-state index contributed by atoms with van der Waals surface area (Å²) in [5.41, 5.74) is 0.994. The van der Waals surface area contributed by atoms with Gasteiger partial charge in [-0.3, -0.25) is 9.59 Å². The van der Waals surface area contributed by atoms with Crippen LogP contribution in [0.3, 0.4) is 0 Å². The first-order valence-electron chi connectivity index (χ1n) is 8.17. The Morgan fingerprint density at radius 2 is 2.24 bits per heavy atom. The van der Waals surface area contributed by atoms with Gasteiger partial charge in [0.15, 0.2) is 0 Å². The van der Waals surface area contributed by atoms with Crippen molar-refractivity contribution in [3.63, 3.8) is 0 Å². The van der Waals surface area contributed by atoms with Crippen molar-refractivity contribution < 1.29 is 14.0 Å². The van der Waals surface area contributed by atoms with Crippen LogP contribution in [0.4, 0.5) is 15.2 Å². The lowest BCUT2D eigenvalue weighted by Gasteiger charge is -2.17. The van der Waals surface area contributed by atoms with E-state index < -0.39 is 11.7 Å². The molecule has 3 rings (SSSR count). The zero-order valence-corrected chi connectivity index (χ0v) is 14.9. The van der Waals surface area contributed by atoms with Crippen molar-refractivity contribution in [2.75, 3.05) is 16.8 Å². The van der Waals surface area contributed by atoms with Gasteiger partial charge < -0.3 is 10.2 Å². The Kier molecular flexibility index (Phi) is 5.08. The molecule has 1 aromatic carbocycles. The molecule has 0 radical (unpaired) electrons. The molecular formula is C17H19FN4O2S. The highest BCUT2D eigenvalue weighted by Crippen LogP contribution is 2.29. The fourth-order valence-corrected chi connectivity index (χ4v) is 3.62. The number of benzene rings is 1. The molecule has 6 nitrogen and oxygen atoms in total. The lowest BCUT2D eigenvalue weighted by Crippen LogP contribution is -2.28. The maximum Gasteiger partial charge on any atom is 0.231 e. The van der Waals surface area contributed by atoms with Crippen molar-refractivity contribution in [1.29, 1.82) is 0 Å². The fraction of sp³-hybridized carbons (Fsp3) is 0.412. The normalized spacial score (nSPS) is 17.2. The van der Waals surface area contributed by atoms with Gasteiger partial charge in [0.05, 0.1) is 11.6 Å². The first kappa shape index (κ1) is 17.5. The average molecular weight is 362 g/mol. The minimum Gasteiger partial charge on any atom is -0.309 e. The molecule has 0 aliphatic carbocycles. The quantitative estimate of drug-likeness (QED) is 0.887. The summed E-state index contributed by atoms with van der Waals surface area (Å²) in [6.45, 7) is 3.98. The van der Waals surface area contributed by atoms with Crippen molar-refractivity contribution in [1.82, 2.24) is 10.2 Å². The Balaban J connectivity index is 1.67. The number of carbonyl (C=O) groups excluding carboxylic acids is 2. The first-order valence-corrected chi connectivity index (χ1v) is 8.99. The molecule has 2 heterocycles. The number of rotatable bonds is 5. The molecule has 1 atom stereocenters. The lowest BCUT2D eigenvalue weighted by molar-refractivity contribution is -0.122. The number of aromatic nitrogens is 2. The van der Waals surface area contributed by atoms with E-state index in [1.165, 1.54) is 22.3 Å². The van der Waals surface area contributed by atoms with E-state index in [2.05, 4.69) is 15.5 Å². The summed E-state index contributed by atoms with van der Waals surface area (Å²) in [5.74, 6) is -1.54. The minimum atomic E-state index is -0.535. The van der Waals surface area contributed by atoms with Crippen LogP contribution >= 0.6 is 11.3 Å². The predicted molar refractivity (Wildman–Crippen MR) is 94.1 cm³/mol. The lowest BCUT2D eigenvalue weighted by atomic mass is 10.1. The smallest absolute Gasteiger partial charge is 0.231 e. The van der Waals surface area contributed by atoms with Crippen LogP contribution in [-0.2, 0) is 16.0 Å². The Morgan fingerprint density at radius 3 is 2.96 bits per heavy atom. The molecule has 0 bridgehead atoms. The van der Waals surface area contributed by atoms with E-state index in [1.807, 2.05) is 6.92 Å². The Hall–Kier alpha value is -2.35. The Morgan fingerprint density at radius 1 is 1.44 bits per heavy atom. The van der Waals surface area contributed by atoms with Gasteiger partial charge >= 0.3 is 0 Å². The number of halogens is 1. The van der Waals surface area contributed by atoms with Gasteiger partial charge in [-0.25, -0.2) is 4.39 Å². The van der Waals surface area contributed by atoms with Crippen molar-refractivity contribution >= 4 is 34.0 Å². The monoisotopic (exact) mass is 362 g/mol.